The van der Waals surface area contributed by atoms with E-state index in [-0.39, 0.29) is 30.4 Å². The van der Waals surface area contributed by atoms with Gasteiger partial charge in [-0.15, -0.1) is 0 Å². The molecule has 2 aromatic carbocycles. The molecule has 0 aliphatic carbocycles. The van der Waals surface area contributed by atoms with E-state index in [1.807, 2.05) is 13.0 Å². The summed E-state index contributed by atoms with van der Waals surface area (Å²) in [4.78, 5) is 25.1. The number of ether oxygens (including phenoxy) is 2. The first-order chi connectivity index (χ1) is 12.9. The van der Waals surface area contributed by atoms with Crippen molar-refractivity contribution in [1.82, 2.24) is 0 Å². The van der Waals surface area contributed by atoms with E-state index in [9.17, 15) is 9.59 Å². The Hall–Kier alpha value is -2.82. The quantitative estimate of drug-likeness (QED) is 0.847. The molecule has 0 saturated carbocycles. The van der Waals surface area contributed by atoms with E-state index >= 15 is 0 Å². The molecule has 5 nitrogen and oxygen atoms in total. The minimum atomic E-state index is -0.344. The second-order valence-electron chi connectivity index (χ2n) is 7.08. The second kappa shape index (κ2) is 7.82. The molecule has 0 spiro atoms. The minimum Gasteiger partial charge on any atom is -0.497 e. The van der Waals surface area contributed by atoms with Gasteiger partial charge in [0.1, 0.15) is 17.3 Å². The van der Waals surface area contributed by atoms with Gasteiger partial charge in [0.25, 0.3) is 0 Å². The van der Waals surface area contributed by atoms with Gasteiger partial charge in [-0.2, -0.15) is 0 Å². The van der Waals surface area contributed by atoms with Crippen LogP contribution in [0.25, 0.3) is 0 Å². The molecule has 5 heteroatoms. The molecule has 1 aliphatic rings. The van der Waals surface area contributed by atoms with Crippen LogP contribution in [-0.2, 0) is 22.4 Å². The van der Waals surface area contributed by atoms with Crippen molar-refractivity contribution in [2.45, 2.75) is 33.1 Å². The van der Waals surface area contributed by atoms with E-state index < -0.39 is 0 Å². The number of Topliss-reactive ketones (excluding diaryl/α,β-unsaturated/α-hetero) is 1. The standard InChI is InChI=1S/C22H25NO4/c1-13-7-15-9-17(22(25)23-20(15)8-14(13)2)11-18(24)10-16-12-19(26-3)5-6-21(16)27-4/h5-8,12,17H,9-11H2,1-4H3,(H,23,25). The van der Waals surface area contributed by atoms with Gasteiger partial charge < -0.3 is 14.8 Å². The second-order valence-corrected chi connectivity index (χ2v) is 7.08. The summed E-state index contributed by atoms with van der Waals surface area (Å²) in [5.41, 5.74) is 5.06. The van der Waals surface area contributed by atoms with Crippen LogP contribution < -0.4 is 14.8 Å². The first kappa shape index (κ1) is 19.0. The van der Waals surface area contributed by atoms with E-state index in [4.69, 9.17) is 9.47 Å². The fraction of sp³-hybridized carbons (Fsp3) is 0.364. The first-order valence-corrected chi connectivity index (χ1v) is 9.05. The zero-order valence-electron chi connectivity index (χ0n) is 16.2. The van der Waals surface area contributed by atoms with Gasteiger partial charge in [-0.05, 0) is 61.2 Å². The van der Waals surface area contributed by atoms with Crippen molar-refractivity contribution in [3.05, 3.63) is 52.6 Å². The number of anilines is 1. The Bertz CT molecular complexity index is 888. The highest BCUT2D eigenvalue weighted by molar-refractivity contribution is 5.98. The van der Waals surface area contributed by atoms with Gasteiger partial charge in [0.2, 0.25) is 5.91 Å². The van der Waals surface area contributed by atoms with E-state index in [0.717, 1.165) is 22.4 Å². The van der Waals surface area contributed by atoms with Crippen molar-refractivity contribution in [2.75, 3.05) is 19.5 Å². The van der Waals surface area contributed by atoms with Gasteiger partial charge in [0.05, 0.1) is 14.2 Å². The van der Waals surface area contributed by atoms with Crippen molar-refractivity contribution in [3.8, 4) is 11.5 Å². The van der Waals surface area contributed by atoms with Crippen LogP contribution in [0.2, 0.25) is 0 Å². The zero-order valence-corrected chi connectivity index (χ0v) is 16.2. The number of ketones is 1. The number of hydrogen-bond acceptors (Lipinski definition) is 4. The lowest BCUT2D eigenvalue weighted by Crippen LogP contribution is -2.32. The smallest absolute Gasteiger partial charge is 0.228 e. The molecule has 142 valence electrons. The number of carbonyl (C=O) groups is 2. The van der Waals surface area contributed by atoms with Crippen LogP contribution in [0.1, 0.15) is 28.7 Å². The number of aryl methyl sites for hydroxylation is 2. The summed E-state index contributed by atoms with van der Waals surface area (Å²) in [7, 11) is 3.16. The number of carbonyl (C=O) groups excluding carboxylic acids is 2. The van der Waals surface area contributed by atoms with Crippen LogP contribution >= 0.6 is 0 Å². The van der Waals surface area contributed by atoms with Crippen molar-refractivity contribution < 1.29 is 19.1 Å². The molecule has 1 amide bonds. The average molecular weight is 367 g/mol. The molecular weight excluding hydrogens is 342 g/mol. The highest BCUT2D eigenvalue weighted by Crippen LogP contribution is 2.31. The number of rotatable bonds is 6. The third kappa shape index (κ3) is 4.13. The molecule has 1 unspecified atom stereocenters. The molecule has 1 atom stereocenters. The Morgan fingerprint density at radius 1 is 1.11 bits per heavy atom. The lowest BCUT2D eigenvalue weighted by molar-refractivity contribution is -0.126. The molecular formula is C22H25NO4. The van der Waals surface area contributed by atoms with Gasteiger partial charge in [-0.25, -0.2) is 0 Å². The predicted octanol–water partition coefficient (Wildman–Crippen LogP) is 3.63. The fourth-order valence-electron chi connectivity index (χ4n) is 3.50. The van der Waals surface area contributed by atoms with Crippen LogP contribution in [0, 0.1) is 19.8 Å². The molecule has 0 bridgehead atoms. The lowest BCUT2D eigenvalue weighted by atomic mass is 9.86. The van der Waals surface area contributed by atoms with Crippen LogP contribution in [0.15, 0.2) is 30.3 Å². The SMILES string of the molecule is COc1ccc(OC)c(CC(=O)CC2Cc3cc(C)c(C)cc3NC2=O)c1. The van der Waals surface area contributed by atoms with E-state index in [1.54, 1.807) is 32.4 Å². The van der Waals surface area contributed by atoms with Gasteiger partial charge in [-0.1, -0.05) is 6.07 Å². The maximum atomic E-state index is 12.7. The lowest BCUT2D eigenvalue weighted by Gasteiger charge is -2.25. The number of nitrogens with one attached hydrogen (secondary N) is 1. The molecule has 1 N–H and O–H groups in total. The Kier molecular flexibility index (Phi) is 5.49. The Morgan fingerprint density at radius 2 is 1.85 bits per heavy atom. The number of fused-ring (bicyclic) bond motifs is 1. The minimum absolute atomic E-state index is 0.00832. The van der Waals surface area contributed by atoms with Gasteiger partial charge in [-0.3, -0.25) is 9.59 Å². The molecule has 2 aromatic rings. The zero-order chi connectivity index (χ0) is 19.6. The number of hydrogen-bond donors (Lipinski definition) is 1. The summed E-state index contributed by atoms with van der Waals surface area (Å²) >= 11 is 0. The molecule has 0 fully saturated rings. The largest absolute Gasteiger partial charge is 0.497 e. The molecule has 1 aliphatic heterocycles. The van der Waals surface area contributed by atoms with Crippen molar-refractivity contribution in [3.63, 3.8) is 0 Å². The van der Waals surface area contributed by atoms with Crippen LogP contribution in [-0.4, -0.2) is 25.9 Å². The summed E-state index contributed by atoms with van der Waals surface area (Å²) in [6.45, 7) is 4.08. The van der Waals surface area contributed by atoms with Crippen LogP contribution in [0.4, 0.5) is 5.69 Å². The highest BCUT2D eigenvalue weighted by atomic mass is 16.5. The van der Waals surface area contributed by atoms with E-state index in [1.165, 1.54) is 5.56 Å². The normalized spacial score (nSPS) is 15.7. The monoisotopic (exact) mass is 367 g/mol. The topological polar surface area (TPSA) is 64.6 Å². The van der Waals surface area contributed by atoms with E-state index in [2.05, 4.69) is 18.3 Å². The summed E-state index contributed by atoms with van der Waals surface area (Å²) in [6, 6.07) is 9.49. The third-order valence-electron chi connectivity index (χ3n) is 5.16. The van der Waals surface area contributed by atoms with Gasteiger partial charge >= 0.3 is 0 Å². The molecule has 1 heterocycles. The molecule has 0 saturated heterocycles. The Labute approximate surface area is 159 Å². The summed E-state index contributed by atoms with van der Waals surface area (Å²) in [5, 5.41) is 2.95. The van der Waals surface area contributed by atoms with Crippen molar-refractivity contribution >= 4 is 17.4 Å². The van der Waals surface area contributed by atoms with Crippen LogP contribution in [0.3, 0.4) is 0 Å². The number of methoxy groups -OCH3 is 2. The van der Waals surface area contributed by atoms with Gasteiger partial charge in [0, 0.05) is 30.0 Å². The third-order valence-corrected chi connectivity index (χ3v) is 5.16. The average Bonchev–Trinajstić information content (AvgIpc) is 2.64. The van der Waals surface area contributed by atoms with Gasteiger partial charge in [0.15, 0.2) is 0 Å². The Morgan fingerprint density at radius 3 is 2.56 bits per heavy atom. The summed E-state index contributed by atoms with van der Waals surface area (Å²) < 4.78 is 10.6. The first-order valence-electron chi connectivity index (χ1n) is 9.05. The van der Waals surface area contributed by atoms with Crippen LogP contribution in [0.5, 0.6) is 11.5 Å². The predicted molar refractivity (Wildman–Crippen MR) is 105 cm³/mol. The Balaban J connectivity index is 1.73. The molecule has 27 heavy (non-hydrogen) atoms. The summed E-state index contributed by atoms with van der Waals surface area (Å²) in [5.74, 6) is 0.900. The summed E-state index contributed by atoms with van der Waals surface area (Å²) in [6.07, 6.45) is 1.01. The highest BCUT2D eigenvalue weighted by Gasteiger charge is 2.28. The number of amides is 1. The van der Waals surface area contributed by atoms with Crippen molar-refractivity contribution in [1.29, 1.82) is 0 Å². The van der Waals surface area contributed by atoms with E-state index in [0.29, 0.717) is 17.9 Å². The number of benzene rings is 2. The maximum Gasteiger partial charge on any atom is 0.228 e. The maximum absolute atomic E-state index is 12.7. The molecule has 0 radical (unpaired) electrons. The van der Waals surface area contributed by atoms with Crippen molar-refractivity contribution in [2.24, 2.45) is 5.92 Å². The molecule has 0 aromatic heterocycles. The molecule has 3 rings (SSSR count). The fourth-order valence-corrected chi connectivity index (χ4v) is 3.50.